The molecule has 1 amide bonds. The van der Waals surface area contributed by atoms with Crippen LogP contribution < -0.4 is 4.74 Å². The first-order valence-corrected chi connectivity index (χ1v) is 5.73. The zero-order chi connectivity index (χ0) is 13.7. The van der Waals surface area contributed by atoms with Gasteiger partial charge in [0, 0.05) is 13.6 Å². The molecular formula is C12H14ClNO4. The molecule has 0 aromatic heterocycles. The number of likely N-dealkylation sites (N-methyl/N-ethyl adjacent to an activating group) is 1. The van der Waals surface area contributed by atoms with Crippen LogP contribution in [0.25, 0.3) is 0 Å². The number of amides is 1. The van der Waals surface area contributed by atoms with Crippen molar-refractivity contribution in [1.29, 1.82) is 0 Å². The van der Waals surface area contributed by atoms with E-state index in [9.17, 15) is 9.59 Å². The van der Waals surface area contributed by atoms with Crippen LogP contribution in [-0.4, -0.2) is 42.1 Å². The molecule has 18 heavy (non-hydrogen) atoms. The highest BCUT2D eigenvalue weighted by Gasteiger charge is 2.11. The molecule has 0 aliphatic heterocycles. The monoisotopic (exact) mass is 271 g/mol. The Balaban J connectivity index is 2.69. The fourth-order valence-corrected chi connectivity index (χ4v) is 1.41. The number of halogens is 1. The summed E-state index contributed by atoms with van der Waals surface area (Å²) in [6.07, 6.45) is 0. The maximum absolute atomic E-state index is 11.5. The first-order chi connectivity index (χ1) is 8.45. The Labute approximate surface area is 110 Å². The third-order valence-corrected chi connectivity index (χ3v) is 2.73. The lowest BCUT2D eigenvalue weighted by Gasteiger charge is -2.15. The number of nitrogens with zero attached hydrogens (tertiary/aromatic N) is 1. The van der Waals surface area contributed by atoms with Crippen molar-refractivity contribution in [3.63, 3.8) is 0 Å². The van der Waals surface area contributed by atoms with Gasteiger partial charge in [-0.2, -0.15) is 0 Å². The van der Waals surface area contributed by atoms with E-state index in [0.29, 0.717) is 12.3 Å². The van der Waals surface area contributed by atoms with Crippen LogP contribution in [0.15, 0.2) is 18.2 Å². The van der Waals surface area contributed by atoms with Crippen LogP contribution in [0.5, 0.6) is 5.75 Å². The van der Waals surface area contributed by atoms with E-state index in [1.165, 1.54) is 23.1 Å². The molecule has 1 aromatic carbocycles. The number of hydrogen-bond acceptors (Lipinski definition) is 3. The van der Waals surface area contributed by atoms with Crippen LogP contribution in [0.4, 0.5) is 0 Å². The van der Waals surface area contributed by atoms with Gasteiger partial charge in [-0.3, -0.25) is 4.79 Å². The molecule has 5 nitrogen and oxygen atoms in total. The summed E-state index contributed by atoms with van der Waals surface area (Å²) in [5, 5.41) is 8.93. The molecule has 0 unspecified atom stereocenters. The quantitative estimate of drug-likeness (QED) is 0.888. The summed E-state index contributed by atoms with van der Waals surface area (Å²) in [7, 11) is 1.67. The molecule has 0 heterocycles. The van der Waals surface area contributed by atoms with Crippen LogP contribution in [0.2, 0.25) is 5.02 Å². The van der Waals surface area contributed by atoms with Crippen molar-refractivity contribution < 1.29 is 19.4 Å². The summed E-state index contributed by atoms with van der Waals surface area (Å²) in [4.78, 5) is 23.7. The van der Waals surface area contributed by atoms with Crippen LogP contribution in [0.1, 0.15) is 17.3 Å². The molecular weight excluding hydrogens is 258 g/mol. The second kappa shape index (κ2) is 6.26. The molecule has 0 saturated heterocycles. The van der Waals surface area contributed by atoms with E-state index in [4.69, 9.17) is 21.4 Å². The summed E-state index contributed by atoms with van der Waals surface area (Å²) in [5.41, 5.74) is 0.0735. The fourth-order valence-electron chi connectivity index (χ4n) is 1.18. The predicted octanol–water partition coefficient (Wildman–Crippen LogP) is 1.90. The first-order valence-electron chi connectivity index (χ1n) is 5.35. The van der Waals surface area contributed by atoms with Crippen LogP contribution in [0, 0.1) is 0 Å². The molecule has 0 saturated carbocycles. The number of ether oxygens (including phenoxy) is 1. The summed E-state index contributed by atoms with van der Waals surface area (Å²) < 4.78 is 5.24. The van der Waals surface area contributed by atoms with E-state index in [0.717, 1.165) is 0 Å². The number of rotatable bonds is 5. The van der Waals surface area contributed by atoms with Gasteiger partial charge < -0.3 is 14.7 Å². The third kappa shape index (κ3) is 3.63. The van der Waals surface area contributed by atoms with E-state index in [2.05, 4.69) is 0 Å². The second-order valence-corrected chi connectivity index (χ2v) is 4.05. The van der Waals surface area contributed by atoms with Gasteiger partial charge in [0.1, 0.15) is 5.75 Å². The standard InChI is InChI=1S/C12H14ClNO4/c1-3-14(2)11(15)7-18-10-5-4-8(12(16)17)6-9(10)13/h4-6H,3,7H2,1-2H3,(H,16,17). The molecule has 1 rings (SSSR count). The molecule has 0 aliphatic carbocycles. The Morgan fingerprint density at radius 2 is 2.11 bits per heavy atom. The molecule has 1 aromatic rings. The smallest absolute Gasteiger partial charge is 0.335 e. The third-order valence-electron chi connectivity index (χ3n) is 2.43. The summed E-state index contributed by atoms with van der Waals surface area (Å²) in [5.74, 6) is -0.944. The van der Waals surface area contributed by atoms with Gasteiger partial charge in [-0.05, 0) is 25.1 Å². The number of aromatic carboxylic acids is 1. The number of carboxylic acids is 1. The summed E-state index contributed by atoms with van der Waals surface area (Å²) >= 11 is 5.86. The molecule has 0 bridgehead atoms. The highest BCUT2D eigenvalue weighted by molar-refractivity contribution is 6.32. The van der Waals surface area contributed by atoms with E-state index in [1.54, 1.807) is 7.05 Å². The summed E-state index contributed by atoms with van der Waals surface area (Å²) in [6, 6.07) is 4.09. The number of benzene rings is 1. The van der Waals surface area contributed by atoms with Gasteiger partial charge in [-0.15, -0.1) is 0 Å². The normalized spacial score (nSPS) is 9.94. The van der Waals surface area contributed by atoms with Crippen molar-refractivity contribution in [1.82, 2.24) is 4.90 Å². The van der Waals surface area contributed by atoms with E-state index in [1.807, 2.05) is 6.92 Å². The van der Waals surface area contributed by atoms with E-state index < -0.39 is 5.97 Å². The first kappa shape index (κ1) is 14.3. The van der Waals surface area contributed by atoms with Crippen molar-refractivity contribution in [3.8, 4) is 5.75 Å². The van der Waals surface area contributed by atoms with E-state index in [-0.39, 0.29) is 23.1 Å². The van der Waals surface area contributed by atoms with Gasteiger partial charge in [0.15, 0.2) is 6.61 Å². The van der Waals surface area contributed by atoms with Gasteiger partial charge in [-0.1, -0.05) is 11.6 Å². The van der Waals surface area contributed by atoms with Gasteiger partial charge in [0.05, 0.1) is 10.6 Å². The van der Waals surface area contributed by atoms with Crippen molar-refractivity contribution >= 4 is 23.5 Å². The summed E-state index contributed by atoms with van der Waals surface area (Å²) in [6.45, 7) is 2.32. The molecule has 98 valence electrons. The minimum absolute atomic E-state index is 0.0735. The zero-order valence-electron chi connectivity index (χ0n) is 10.1. The minimum Gasteiger partial charge on any atom is -0.482 e. The SMILES string of the molecule is CCN(C)C(=O)COc1ccc(C(=O)O)cc1Cl. The largest absolute Gasteiger partial charge is 0.482 e. The lowest BCUT2D eigenvalue weighted by molar-refractivity contribution is -0.131. The van der Waals surface area contributed by atoms with Crippen LogP contribution in [0.3, 0.4) is 0 Å². The Morgan fingerprint density at radius 1 is 1.44 bits per heavy atom. The molecule has 0 spiro atoms. The van der Waals surface area contributed by atoms with Crippen LogP contribution >= 0.6 is 11.6 Å². The predicted molar refractivity (Wildman–Crippen MR) is 67.2 cm³/mol. The van der Waals surface area contributed by atoms with E-state index >= 15 is 0 Å². The number of carbonyl (C=O) groups excluding carboxylic acids is 1. The van der Waals surface area contributed by atoms with Crippen molar-refractivity contribution in [2.75, 3.05) is 20.2 Å². The zero-order valence-corrected chi connectivity index (χ0v) is 10.9. The Hall–Kier alpha value is -1.75. The van der Waals surface area contributed by atoms with Crippen molar-refractivity contribution in [2.24, 2.45) is 0 Å². The molecule has 0 fully saturated rings. The molecule has 6 heteroatoms. The van der Waals surface area contributed by atoms with Gasteiger partial charge in [0.25, 0.3) is 5.91 Å². The minimum atomic E-state index is -1.06. The Bertz CT molecular complexity index is 461. The Morgan fingerprint density at radius 3 is 2.61 bits per heavy atom. The molecule has 0 radical (unpaired) electrons. The maximum Gasteiger partial charge on any atom is 0.335 e. The van der Waals surface area contributed by atoms with Crippen LogP contribution in [-0.2, 0) is 4.79 Å². The Kier molecular flexibility index (Phi) is 4.97. The lowest BCUT2D eigenvalue weighted by atomic mass is 10.2. The molecule has 0 aliphatic rings. The average Bonchev–Trinajstić information content (AvgIpc) is 2.35. The number of carbonyl (C=O) groups is 2. The fraction of sp³-hybridized carbons (Fsp3) is 0.333. The molecule has 0 atom stereocenters. The highest BCUT2D eigenvalue weighted by atomic mass is 35.5. The topological polar surface area (TPSA) is 66.8 Å². The van der Waals surface area contributed by atoms with Gasteiger partial charge in [-0.25, -0.2) is 4.79 Å². The average molecular weight is 272 g/mol. The maximum atomic E-state index is 11.5. The number of carboxylic acid groups (broad SMARTS) is 1. The van der Waals surface area contributed by atoms with Gasteiger partial charge >= 0.3 is 5.97 Å². The highest BCUT2D eigenvalue weighted by Crippen LogP contribution is 2.25. The van der Waals surface area contributed by atoms with Gasteiger partial charge in [0.2, 0.25) is 0 Å². The number of hydrogen-bond donors (Lipinski definition) is 1. The van der Waals surface area contributed by atoms with Crippen molar-refractivity contribution in [3.05, 3.63) is 28.8 Å². The van der Waals surface area contributed by atoms with Crippen molar-refractivity contribution in [2.45, 2.75) is 6.92 Å². The second-order valence-electron chi connectivity index (χ2n) is 3.65. The lowest BCUT2D eigenvalue weighted by Crippen LogP contribution is -2.31. The molecule has 1 N–H and O–H groups in total.